The minimum absolute atomic E-state index is 0.670. The van der Waals surface area contributed by atoms with E-state index in [1.807, 2.05) is 6.20 Å². The number of hydrogen-bond donors (Lipinski definition) is 1. The van der Waals surface area contributed by atoms with Gasteiger partial charge in [0, 0.05) is 30.1 Å². The number of nitrogens with zero attached hydrogens (tertiary/aromatic N) is 1. The molecule has 1 saturated heterocycles. The zero-order valence-electron chi connectivity index (χ0n) is 6.58. The number of rotatable bonds is 1. The normalized spacial score (nSPS) is 31.0. The molecule has 1 aromatic rings. The molecule has 1 aliphatic heterocycles. The average molecular weight is 168 g/mol. The average Bonchev–Trinajstić information content (AvgIpc) is 2.55. The van der Waals surface area contributed by atoms with Gasteiger partial charge in [0.05, 0.1) is 5.01 Å². The van der Waals surface area contributed by atoms with Crippen LogP contribution < -0.4 is 5.32 Å². The van der Waals surface area contributed by atoms with E-state index < -0.39 is 0 Å². The second-order valence-corrected chi connectivity index (χ2v) is 4.04. The molecule has 2 unspecified atom stereocenters. The summed E-state index contributed by atoms with van der Waals surface area (Å²) in [5, 5.41) is 6.77. The Hall–Kier alpha value is -0.410. The highest BCUT2D eigenvalue weighted by Crippen LogP contribution is 2.26. The molecule has 2 nitrogen and oxygen atoms in total. The fraction of sp³-hybridized carbons (Fsp3) is 0.625. The zero-order valence-corrected chi connectivity index (χ0v) is 7.40. The van der Waals surface area contributed by atoms with Crippen molar-refractivity contribution in [3.05, 3.63) is 16.6 Å². The molecular formula is C8H12N2S. The smallest absolute Gasteiger partial charge is 0.0969 e. The van der Waals surface area contributed by atoms with Crippen LogP contribution in [0.3, 0.4) is 0 Å². The third-order valence-electron chi connectivity index (χ3n) is 2.15. The maximum atomic E-state index is 4.31. The van der Waals surface area contributed by atoms with Crippen molar-refractivity contribution in [1.82, 2.24) is 10.3 Å². The maximum Gasteiger partial charge on any atom is 0.0969 e. The summed E-state index contributed by atoms with van der Waals surface area (Å²) in [5.74, 6) is 0.671. The second-order valence-electron chi connectivity index (χ2n) is 3.11. The van der Waals surface area contributed by atoms with Crippen LogP contribution in [0.25, 0.3) is 0 Å². The molecule has 2 heterocycles. The van der Waals surface area contributed by atoms with Crippen molar-refractivity contribution in [1.29, 1.82) is 0 Å². The van der Waals surface area contributed by atoms with Crippen LogP contribution in [-0.2, 0) is 0 Å². The van der Waals surface area contributed by atoms with Crippen LogP contribution in [0.5, 0.6) is 0 Å². The van der Waals surface area contributed by atoms with Gasteiger partial charge in [-0.3, -0.25) is 0 Å². The predicted octanol–water partition coefficient (Wildman–Crippen LogP) is 1.61. The summed E-state index contributed by atoms with van der Waals surface area (Å²) in [4.78, 5) is 4.31. The van der Waals surface area contributed by atoms with Crippen molar-refractivity contribution >= 4 is 11.3 Å². The van der Waals surface area contributed by atoms with Crippen LogP contribution in [-0.4, -0.2) is 17.6 Å². The summed E-state index contributed by atoms with van der Waals surface area (Å²) in [7, 11) is 0. The van der Waals surface area contributed by atoms with E-state index in [4.69, 9.17) is 0 Å². The highest BCUT2D eigenvalue weighted by Gasteiger charge is 2.23. The predicted molar refractivity (Wildman–Crippen MR) is 46.9 cm³/mol. The van der Waals surface area contributed by atoms with E-state index in [0.29, 0.717) is 12.0 Å². The Labute approximate surface area is 70.7 Å². The summed E-state index contributed by atoms with van der Waals surface area (Å²) in [6.07, 6.45) is 3.14. The molecule has 0 saturated carbocycles. The van der Waals surface area contributed by atoms with Gasteiger partial charge in [0.2, 0.25) is 0 Å². The van der Waals surface area contributed by atoms with Crippen LogP contribution in [0, 0.1) is 0 Å². The highest BCUT2D eigenvalue weighted by atomic mass is 32.1. The van der Waals surface area contributed by atoms with Gasteiger partial charge >= 0.3 is 0 Å². The van der Waals surface area contributed by atoms with Crippen molar-refractivity contribution in [2.45, 2.75) is 25.3 Å². The molecule has 0 aromatic carbocycles. The summed E-state index contributed by atoms with van der Waals surface area (Å²) in [5.41, 5.74) is 0. The summed E-state index contributed by atoms with van der Waals surface area (Å²) in [6.45, 7) is 3.34. The lowest BCUT2D eigenvalue weighted by Gasteiger charge is -2.01. The molecule has 0 aliphatic carbocycles. The molecule has 60 valence electrons. The van der Waals surface area contributed by atoms with E-state index in [-0.39, 0.29) is 0 Å². The SMILES string of the molecule is CC1CC(c2nccs2)CN1. The second kappa shape index (κ2) is 2.91. The quantitative estimate of drug-likeness (QED) is 0.689. The van der Waals surface area contributed by atoms with Crippen LogP contribution in [0.4, 0.5) is 0 Å². The first-order chi connectivity index (χ1) is 5.36. The third kappa shape index (κ3) is 1.44. The molecule has 2 atom stereocenters. The van der Waals surface area contributed by atoms with E-state index >= 15 is 0 Å². The molecule has 1 N–H and O–H groups in total. The summed E-state index contributed by atoms with van der Waals surface area (Å²) < 4.78 is 0. The molecular weight excluding hydrogens is 156 g/mol. The van der Waals surface area contributed by atoms with Gasteiger partial charge in [0.15, 0.2) is 0 Å². The Morgan fingerprint density at radius 1 is 1.73 bits per heavy atom. The third-order valence-corrected chi connectivity index (χ3v) is 3.09. The first kappa shape index (κ1) is 7.25. The molecule has 2 rings (SSSR count). The molecule has 0 amide bonds. The lowest BCUT2D eigenvalue weighted by molar-refractivity contribution is 0.658. The first-order valence-corrected chi connectivity index (χ1v) is 4.87. The van der Waals surface area contributed by atoms with E-state index in [0.717, 1.165) is 6.54 Å². The van der Waals surface area contributed by atoms with Gasteiger partial charge in [-0.25, -0.2) is 4.98 Å². The lowest BCUT2D eigenvalue weighted by Crippen LogP contribution is -2.16. The van der Waals surface area contributed by atoms with Gasteiger partial charge in [-0.2, -0.15) is 0 Å². The fourth-order valence-electron chi connectivity index (χ4n) is 1.56. The highest BCUT2D eigenvalue weighted by molar-refractivity contribution is 7.09. The Kier molecular flexibility index (Phi) is 1.92. The van der Waals surface area contributed by atoms with Gasteiger partial charge in [0.25, 0.3) is 0 Å². The molecule has 1 fully saturated rings. The Bertz CT molecular complexity index is 220. The maximum absolute atomic E-state index is 4.31. The van der Waals surface area contributed by atoms with Crippen molar-refractivity contribution in [2.75, 3.05) is 6.54 Å². The minimum Gasteiger partial charge on any atom is -0.314 e. The van der Waals surface area contributed by atoms with Crippen molar-refractivity contribution in [3.63, 3.8) is 0 Å². The van der Waals surface area contributed by atoms with Gasteiger partial charge in [-0.1, -0.05) is 0 Å². The van der Waals surface area contributed by atoms with Gasteiger partial charge in [-0.15, -0.1) is 11.3 Å². The lowest BCUT2D eigenvalue weighted by atomic mass is 10.1. The van der Waals surface area contributed by atoms with Crippen molar-refractivity contribution < 1.29 is 0 Å². The summed E-state index contributed by atoms with van der Waals surface area (Å²) in [6, 6.07) is 0.670. The summed E-state index contributed by atoms with van der Waals surface area (Å²) >= 11 is 1.77. The zero-order chi connectivity index (χ0) is 7.68. The fourth-order valence-corrected chi connectivity index (χ4v) is 2.32. The molecule has 0 bridgehead atoms. The number of hydrogen-bond acceptors (Lipinski definition) is 3. The van der Waals surface area contributed by atoms with Gasteiger partial charge < -0.3 is 5.32 Å². The number of aromatic nitrogens is 1. The van der Waals surface area contributed by atoms with Crippen LogP contribution in [0.1, 0.15) is 24.3 Å². The van der Waals surface area contributed by atoms with Crippen LogP contribution in [0.2, 0.25) is 0 Å². The van der Waals surface area contributed by atoms with E-state index in [1.165, 1.54) is 11.4 Å². The molecule has 1 aromatic heterocycles. The molecule has 11 heavy (non-hydrogen) atoms. The Balaban J connectivity index is 2.08. The van der Waals surface area contributed by atoms with E-state index in [9.17, 15) is 0 Å². The van der Waals surface area contributed by atoms with Gasteiger partial charge in [-0.05, 0) is 13.3 Å². The monoisotopic (exact) mass is 168 g/mol. The molecule has 0 spiro atoms. The van der Waals surface area contributed by atoms with E-state index in [1.54, 1.807) is 11.3 Å². The number of thiazole rings is 1. The Morgan fingerprint density at radius 2 is 2.64 bits per heavy atom. The number of nitrogens with one attached hydrogen (secondary N) is 1. The first-order valence-electron chi connectivity index (χ1n) is 3.99. The molecule has 0 radical (unpaired) electrons. The minimum atomic E-state index is 0.670. The standard InChI is InChI=1S/C8H12N2S/c1-6-4-7(5-10-6)8-9-2-3-11-8/h2-3,6-7,10H,4-5H2,1H3. The van der Waals surface area contributed by atoms with Gasteiger partial charge in [0.1, 0.15) is 0 Å². The topological polar surface area (TPSA) is 24.9 Å². The van der Waals surface area contributed by atoms with Crippen LogP contribution >= 0.6 is 11.3 Å². The molecule has 1 aliphatic rings. The van der Waals surface area contributed by atoms with Crippen molar-refractivity contribution in [3.8, 4) is 0 Å². The van der Waals surface area contributed by atoms with Crippen LogP contribution in [0.15, 0.2) is 11.6 Å². The van der Waals surface area contributed by atoms with E-state index in [2.05, 4.69) is 22.6 Å². The molecule has 3 heteroatoms. The van der Waals surface area contributed by atoms with Crippen molar-refractivity contribution in [2.24, 2.45) is 0 Å². The Morgan fingerprint density at radius 3 is 3.18 bits per heavy atom. The largest absolute Gasteiger partial charge is 0.314 e.